The maximum absolute atomic E-state index is 14.1. The quantitative estimate of drug-likeness (QED) is 0.182. The van der Waals surface area contributed by atoms with Gasteiger partial charge in [0.15, 0.2) is 0 Å². The molecule has 5 atom stereocenters. The van der Waals surface area contributed by atoms with Crippen molar-refractivity contribution in [3.8, 4) is 0 Å². The molecule has 3 saturated heterocycles. The van der Waals surface area contributed by atoms with Crippen LogP contribution in [-0.4, -0.2) is 96.7 Å². The Morgan fingerprint density at radius 3 is 2.21 bits per heavy atom. The van der Waals surface area contributed by atoms with E-state index in [1.807, 2.05) is 47.4 Å². The molecule has 3 aromatic rings. The zero-order chi connectivity index (χ0) is 37.3. The van der Waals surface area contributed by atoms with Gasteiger partial charge in [-0.25, -0.2) is 8.78 Å². The number of hydrogen-bond acceptors (Lipinski definition) is 6. The molecule has 2 aromatic carbocycles. The summed E-state index contributed by atoms with van der Waals surface area (Å²) in [6.45, 7) is 5.56. The van der Waals surface area contributed by atoms with Crippen molar-refractivity contribution in [2.45, 2.75) is 85.9 Å². The average Bonchev–Trinajstić information content (AvgIpc) is 4.01. The van der Waals surface area contributed by atoms with Gasteiger partial charge in [-0.05, 0) is 35.6 Å². The maximum atomic E-state index is 14.1. The van der Waals surface area contributed by atoms with Crippen LogP contribution in [0.4, 0.5) is 8.78 Å². The first-order valence-corrected chi connectivity index (χ1v) is 19.9. The van der Waals surface area contributed by atoms with Gasteiger partial charge in [-0.1, -0.05) is 61.5 Å². The summed E-state index contributed by atoms with van der Waals surface area (Å²) in [5.74, 6) is -3.51. The van der Waals surface area contributed by atoms with Crippen molar-refractivity contribution < 1.29 is 28.0 Å². The molecule has 1 aromatic heterocycles. The average molecular weight is 749 g/mol. The van der Waals surface area contributed by atoms with Crippen LogP contribution in [0, 0.1) is 5.92 Å². The topological polar surface area (TPSA) is 129 Å². The highest BCUT2D eigenvalue weighted by Crippen LogP contribution is 2.72. The zero-order valence-electron chi connectivity index (χ0n) is 30.2. The third-order valence-corrected chi connectivity index (χ3v) is 14.4. The normalized spacial score (nSPS) is 25.5. The van der Waals surface area contributed by atoms with E-state index < -0.39 is 27.6 Å². The number of halogens is 2. The highest BCUT2D eigenvalue weighted by Gasteiger charge is 3.04. The van der Waals surface area contributed by atoms with Gasteiger partial charge in [0, 0.05) is 84.1 Å². The fourth-order valence-electron chi connectivity index (χ4n) is 8.18. The molecular weight excluding hydrogens is 701 g/mol. The van der Waals surface area contributed by atoms with Crippen molar-refractivity contribution in [1.82, 2.24) is 35.5 Å². The van der Waals surface area contributed by atoms with E-state index in [9.17, 15) is 28.0 Å². The first kappa shape index (κ1) is 37.0. The number of piperazine rings is 1. The predicted octanol–water partition coefficient (Wildman–Crippen LogP) is 3.15. The molecule has 11 nitrogen and oxygen atoms in total. The Morgan fingerprint density at radius 1 is 0.925 bits per heavy atom. The minimum atomic E-state index is -2.70. The number of fused-ring (bicyclic) bond motifs is 1. The molecule has 53 heavy (non-hydrogen) atoms. The number of hydrogen-bond donors (Lipinski definition) is 3. The van der Waals surface area contributed by atoms with E-state index in [1.54, 1.807) is 26.2 Å². The molecule has 0 bridgehead atoms. The van der Waals surface area contributed by atoms with E-state index in [0.717, 1.165) is 30.8 Å². The molecule has 5 unspecified atom stereocenters. The number of nitrogens with one attached hydrogen (secondary N) is 3. The van der Waals surface area contributed by atoms with Gasteiger partial charge in [-0.3, -0.25) is 28.8 Å². The number of carbonyl (C=O) groups is 4. The summed E-state index contributed by atoms with van der Waals surface area (Å²) in [5, 5.41) is 13.0. The summed E-state index contributed by atoms with van der Waals surface area (Å²) in [6.07, 6.45) is 2.29. The molecule has 0 spiro atoms. The molecule has 1 aliphatic carbocycles. The number of benzene rings is 2. The largest absolute Gasteiger partial charge is 0.347 e. The van der Waals surface area contributed by atoms with Crippen LogP contribution in [0.3, 0.4) is 0 Å². The molecule has 3 N–H and O–H groups in total. The molecular formula is C39H48F2N7O4S+. The Bertz CT molecular complexity index is 1800. The summed E-state index contributed by atoms with van der Waals surface area (Å²) in [4.78, 5) is 57.1. The van der Waals surface area contributed by atoms with Crippen molar-refractivity contribution in [3.05, 3.63) is 89.2 Å². The van der Waals surface area contributed by atoms with Gasteiger partial charge in [-0.15, -0.1) is 0 Å². The van der Waals surface area contributed by atoms with Crippen LogP contribution in [0.25, 0.3) is 0 Å². The van der Waals surface area contributed by atoms with Gasteiger partial charge in [0.05, 0.1) is 10.9 Å². The van der Waals surface area contributed by atoms with Crippen LogP contribution >= 0.6 is 0 Å². The fourth-order valence-corrected chi connectivity index (χ4v) is 11.6. The van der Waals surface area contributed by atoms with E-state index in [1.165, 1.54) is 10.2 Å². The Hall–Kier alpha value is -4.30. The van der Waals surface area contributed by atoms with Crippen LogP contribution in [0.2, 0.25) is 0 Å². The Balaban J connectivity index is 0.947. The van der Waals surface area contributed by atoms with E-state index in [4.69, 9.17) is 0 Å². The van der Waals surface area contributed by atoms with E-state index in [2.05, 4.69) is 38.1 Å². The van der Waals surface area contributed by atoms with E-state index >= 15 is 0 Å². The molecule has 4 amide bonds. The first-order chi connectivity index (χ1) is 25.5. The molecule has 4 aliphatic rings. The van der Waals surface area contributed by atoms with Crippen molar-refractivity contribution in [1.29, 1.82) is 0 Å². The second-order valence-corrected chi connectivity index (χ2v) is 17.1. The lowest BCUT2D eigenvalue weighted by atomic mass is 9.76. The van der Waals surface area contributed by atoms with Gasteiger partial charge >= 0.3 is 0 Å². The number of rotatable bonds is 13. The summed E-state index contributed by atoms with van der Waals surface area (Å²) in [5.41, 5.74) is 3.41. The molecule has 4 heterocycles. The summed E-state index contributed by atoms with van der Waals surface area (Å²) in [7, 11) is 1.29. The van der Waals surface area contributed by atoms with Gasteiger partial charge in [0.1, 0.15) is 11.7 Å². The molecule has 7 rings (SSSR count). The lowest BCUT2D eigenvalue weighted by molar-refractivity contribution is -0.138. The highest BCUT2D eigenvalue weighted by atomic mass is 32.2. The minimum Gasteiger partial charge on any atom is -0.347 e. The van der Waals surface area contributed by atoms with Crippen LogP contribution in [0.1, 0.15) is 66.2 Å². The second kappa shape index (κ2) is 15.2. The van der Waals surface area contributed by atoms with Gasteiger partial charge in [-0.2, -0.15) is 5.10 Å². The first-order valence-electron chi connectivity index (χ1n) is 18.6. The number of amides is 4. The SMILES string of the molecule is CCC(=O)NC(Cc1ccc(CNC(=O)C2(C3CCC(F)(F)CC3)C3C(NC(=O)c4ccnn4C)[S+]32)cc1)C(=O)N1CCN(Cc2ccccc2)CC1. The number of alkyl halides is 2. The molecule has 1 saturated carbocycles. The lowest BCUT2D eigenvalue weighted by Crippen LogP contribution is -2.55. The predicted molar refractivity (Wildman–Crippen MR) is 198 cm³/mol. The number of nitrogens with zero attached hydrogens (tertiary/aromatic N) is 4. The van der Waals surface area contributed by atoms with E-state index in [-0.39, 0.29) is 78.8 Å². The maximum Gasteiger partial charge on any atom is 0.282 e. The Labute approximate surface area is 311 Å². The third-order valence-electron chi connectivity index (χ3n) is 11.3. The summed E-state index contributed by atoms with van der Waals surface area (Å²) < 4.78 is 29.0. The van der Waals surface area contributed by atoms with Crippen molar-refractivity contribution >= 4 is 34.5 Å². The summed E-state index contributed by atoms with van der Waals surface area (Å²) in [6, 6.07) is 18.8. The lowest BCUT2D eigenvalue weighted by Gasteiger charge is -2.36. The smallest absolute Gasteiger partial charge is 0.282 e. The Morgan fingerprint density at radius 2 is 1.58 bits per heavy atom. The van der Waals surface area contributed by atoms with Crippen LogP contribution in [-0.2, 0) is 51.8 Å². The fraction of sp³-hybridized carbons (Fsp3) is 0.513. The molecule has 282 valence electrons. The van der Waals surface area contributed by atoms with Crippen molar-refractivity contribution in [2.24, 2.45) is 13.0 Å². The monoisotopic (exact) mass is 748 g/mol. The number of carbonyl (C=O) groups excluding carboxylic acids is 4. The third kappa shape index (κ3) is 7.84. The van der Waals surface area contributed by atoms with Crippen molar-refractivity contribution in [3.63, 3.8) is 0 Å². The number of aryl methyl sites for hydroxylation is 1. The van der Waals surface area contributed by atoms with Gasteiger partial charge in [0.2, 0.25) is 28.4 Å². The van der Waals surface area contributed by atoms with Crippen LogP contribution in [0.5, 0.6) is 0 Å². The molecule has 0 radical (unpaired) electrons. The molecule has 3 aliphatic heterocycles. The second-order valence-electron chi connectivity index (χ2n) is 14.7. The molecule has 14 heteroatoms. The zero-order valence-corrected chi connectivity index (χ0v) is 31.0. The van der Waals surface area contributed by atoms with E-state index in [0.29, 0.717) is 25.2 Å². The minimum absolute atomic E-state index is 0.0431. The summed E-state index contributed by atoms with van der Waals surface area (Å²) >= 11 is 0. The molecule has 4 fully saturated rings. The highest BCUT2D eigenvalue weighted by molar-refractivity contribution is 8.15. The standard InChI is InChI=1S/C39H47F2N7O4S/c1-3-32(49)44-30(36(51)48-21-19-47(20-22-48)25-28-7-5-4-6-8-28)23-26-9-11-27(12-10-26)24-42-37(52)39(29-13-16-38(40,41)17-14-29)33-35(53(33)39)45-34(50)31-15-18-43-46(31)2/h4-12,15,18,29-30,33,35H,3,13-14,16-17,19-25H2,1-2H3,(H2-,42,44,45,49,50,52)/p+1. The van der Waals surface area contributed by atoms with Crippen molar-refractivity contribution in [2.75, 3.05) is 26.2 Å². The number of aromatic nitrogens is 2. The van der Waals surface area contributed by atoms with Crippen LogP contribution < -0.4 is 16.0 Å². The Kier molecular flexibility index (Phi) is 10.6. The van der Waals surface area contributed by atoms with Crippen LogP contribution in [0.15, 0.2) is 66.9 Å². The van der Waals surface area contributed by atoms with Gasteiger partial charge < -0.3 is 20.9 Å². The van der Waals surface area contributed by atoms with Gasteiger partial charge in [0.25, 0.3) is 16.6 Å².